The maximum Gasteiger partial charge on any atom is 0.269 e. The van der Waals surface area contributed by atoms with Gasteiger partial charge in [0.05, 0.1) is 4.92 Å². The predicted octanol–water partition coefficient (Wildman–Crippen LogP) is 3.97. The molecule has 0 aliphatic carbocycles. The van der Waals surface area contributed by atoms with E-state index in [2.05, 4.69) is 10.6 Å². The van der Waals surface area contributed by atoms with Crippen LogP contribution in [0.1, 0.15) is 15.9 Å². The number of anilines is 2. The normalized spacial score (nSPS) is 12.4. The van der Waals surface area contributed by atoms with Gasteiger partial charge in [0.15, 0.2) is 0 Å². The highest BCUT2D eigenvalue weighted by atomic mass is 16.6. The van der Waals surface area contributed by atoms with Crippen molar-refractivity contribution in [1.82, 2.24) is 0 Å². The van der Waals surface area contributed by atoms with E-state index in [1.807, 2.05) is 6.07 Å². The third-order valence-electron chi connectivity index (χ3n) is 4.32. The fourth-order valence-corrected chi connectivity index (χ4v) is 3.05. The SMILES string of the molecule is O=C(/C=C/c1ccc([N+](=O)[O-])cc1)Nc1ccc2c3c(cccc13)C(=O)N2. The maximum absolute atomic E-state index is 12.3. The molecule has 0 saturated carbocycles. The van der Waals surface area contributed by atoms with Gasteiger partial charge in [0.1, 0.15) is 0 Å². The van der Waals surface area contributed by atoms with Crippen molar-refractivity contribution < 1.29 is 14.5 Å². The molecule has 0 aromatic heterocycles. The minimum atomic E-state index is -0.477. The highest BCUT2D eigenvalue weighted by Crippen LogP contribution is 2.36. The molecule has 4 rings (SSSR count). The smallest absolute Gasteiger partial charge is 0.269 e. The Kier molecular flexibility index (Phi) is 3.89. The molecule has 1 aliphatic rings. The van der Waals surface area contributed by atoms with Crippen molar-refractivity contribution in [3.8, 4) is 0 Å². The highest BCUT2D eigenvalue weighted by Gasteiger charge is 2.22. The van der Waals surface area contributed by atoms with Crippen LogP contribution in [-0.2, 0) is 4.79 Å². The second-order valence-corrected chi connectivity index (χ2v) is 6.01. The Morgan fingerprint density at radius 1 is 1.07 bits per heavy atom. The van der Waals surface area contributed by atoms with E-state index in [9.17, 15) is 19.7 Å². The first kappa shape index (κ1) is 16.5. The van der Waals surface area contributed by atoms with Gasteiger partial charge in [-0.15, -0.1) is 0 Å². The van der Waals surface area contributed by atoms with Gasteiger partial charge in [-0.25, -0.2) is 0 Å². The number of non-ortho nitro benzene ring substituents is 1. The van der Waals surface area contributed by atoms with Crippen LogP contribution >= 0.6 is 0 Å². The minimum Gasteiger partial charge on any atom is -0.322 e. The molecule has 0 unspecified atom stereocenters. The van der Waals surface area contributed by atoms with Crippen molar-refractivity contribution in [2.24, 2.45) is 0 Å². The number of rotatable bonds is 4. The number of carbonyl (C=O) groups excluding carboxylic acids is 2. The number of nitro benzene ring substituents is 1. The highest BCUT2D eigenvalue weighted by molar-refractivity contribution is 6.26. The summed E-state index contributed by atoms with van der Waals surface area (Å²) in [7, 11) is 0. The van der Waals surface area contributed by atoms with E-state index in [4.69, 9.17) is 0 Å². The fourth-order valence-electron chi connectivity index (χ4n) is 3.05. The van der Waals surface area contributed by atoms with Crippen molar-refractivity contribution in [3.63, 3.8) is 0 Å². The summed E-state index contributed by atoms with van der Waals surface area (Å²) in [6.07, 6.45) is 2.93. The molecule has 7 heteroatoms. The number of hydrogen-bond acceptors (Lipinski definition) is 4. The lowest BCUT2D eigenvalue weighted by molar-refractivity contribution is -0.384. The lowest BCUT2D eigenvalue weighted by Crippen LogP contribution is -2.08. The van der Waals surface area contributed by atoms with Gasteiger partial charge in [0.25, 0.3) is 11.6 Å². The fraction of sp³-hybridized carbons (Fsp3) is 0. The van der Waals surface area contributed by atoms with Crippen molar-refractivity contribution >= 4 is 45.7 Å². The Morgan fingerprint density at radius 2 is 1.85 bits per heavy atom. The third kappa shape index (κ3) is 3.02. The lowest BCUT2D eigenvalue weighted by Gasteiger charge is -2.08. The maximum atomic E-state index is 12.3. The predicted molar refractivity (Wildman–Crippen MR) is 103 cm³/mol. The second-order valence-electron chi connectivity index (χ2n) is 6.01. The monoisotopic (exact) mass is 359 g/mol. The Morgan fingerprint density at radius 3 is 2.59 bits per heavy atom. The zero-order valence-electron chi connectivity index (χ0n) is 13.9. The molecule has 0 radical (unpaired) electrons. The molecule has 0 fully saturated rings. The average molecular weight is 359 g/mol. The van der Waals surface area contributed by atoms with Crippen LogP contribution in [-0.4, -0.2) is 16.7 Å². The molecule has 3 aromatic rings. The standard InChI is InChI=1S/C20H13N3O4/c24-18(11-6-12-4-7-13(8-5-12)23(26)27)21-16-9-10-17-19-14(16)2-1-3-15(19)20(25)22-17/h1-11H,(H,21,24)(H,22,25)/b11-6+. The van der Waals surface area contributed by atoms with E-state index >= 15 is 0 Å². The van der Waals surface area contributed by atoms with Gasteiger partial charge in [-0.2, -0.15) is 0 Å². The molecule has 0 atom stereocenters. The van der Waals surface area contributed by atoms with Gasteiger partial charge in [-0.3, -0.25) is 19.7 Å². The van der Waals surface area contributed by atoms with E-state index in [1.54, 1.807) is 42.5 Å². The quantitative estimate of drug-likeness (QED) is 0.418. The molecule has 132 valence electrons. The van der Waals surface area contributed by atoms with Gasteiger partial charge in [-0.1, -0.05) is 12.1 Å². The van der Waals surface area contributed by atoms with Crippen LogP contribution in [0, 0.1) is 10.1 Å². The second kappa shape index (κ2) is 6.38. The van der Waals surface area contributed by atoms with Gasteiger partial charge in [-0.05, 0) is 42.0 Å². The first-order chi connectivity index (χ1) is 13.0. The molecule has 2 amide bonds. The molecule has 2 N–H and O–H groups in total. The van der Waals surface area contributed by atoms with E-state index in [-0.39, 0.29) is 17.5 Å². The van der Waals surface area contributed by atoms with Crippen LogP contribution in [0.5, 0.6) is 0 Å². The Hall–Kier alpha value is -4.00. The molecule has 1 aliphatic heterocycles. The number of nitro groups is 1. The number of carbonyl (C=O) groups is 2. The minimum absolute atomic E-state index is 0.00681. The molecule has 1 heterocycles. The van der Waals surface area contributed by atoms with E-state index < -0.39 is 4.92 Å². The van der Waals surface area contributed by atoms with Crippen molar-refractivity contribution in [3.05, 3.63) is 81.9 Å². The third-order valence-corrected chi connectivity index (χ3v) is 4.32. The van der Waals surface area contributed by atoms with Crippen LogP contribution in [0.3, 0.4) is 0 Å². The zero-order valence-corrected chi connectivity index (χ0v) is 13.9. The molecular formula is C20H13N3O4. The van der Waals surface area contributed by atoms with Gasteiger partial charge >= 0.3 is 0 Å². The summed E-state index contributed by atoms with van der Waals surface area (Å²) in [5.41, 5.74) is 2.58. The summed E-state index contributed by atoms with van der Waals surface area (Å²) < 4.78 is 0. The number of amides is 2. The summed E-state index contributed by atoms with van der Waals surface area (Å²) in [5.74, 6) is -0.497. The Labute approximate surface area is 153 Å². The lowest BCUT2D eigenvalue weighted by atomic mass is 10.0. The first-order valence-electron chi connectivity index (χ1n) is 8.13. The van der Waals surface area contributed by atoms with E-state index in [0.29, 0.717) is 16.8 Å². The summed E-state index contributed by atoms with van der Waals surface area (Å²) in [4.78, 5) is 34.4. The number of hydrogen-bond donors (Lipinski definition) is 2. The Balaban J connectivity index is 1.56. The van der Waals surface area contributed by atoms with Gasteiger partial charge < -0.3 is 10.6 Å². The van der Waals surface area contributed by atoms with Crippen LogP contribution in [0.4, 0.5) is 17.1 Å². The van der Waals surface area contributed by atoms with E-state index in [1.165, 1.54) is 18.2 Å². The first-order valence-corrected chi connectivity index (χ1v) is 8.13. The molecule has 0 spiro atoms. The molecule has 7 nitrogen and oxygen atoms in total. The van der Waals surface area contributed by atoms with Gasteiger partial charge in [0, 0.05) is 45.9 Å². The molecule has 3 aromatic carbocycles. The molecule has 0 bridgehead atoms. The van der Waals surface area contributed by atoms with Crippen LogP contribution in [0.2, 0.25) is 0 Å². The van der Waals surface area contributed by atoms with Crippen LogP contribution in [0.25, 0.3) is 16.8 Å². The van der Waals surface area contributed by atoms with Crippen molar-refractivity contribution in [2.45, 2.75) is 0 Å². The van der Waals surface area contributed by atoms with E-state index in [0.717, 1.165) is 16.5 Å². The topological polar surface area (TPSA) is 101 Å². The summed E-state index contributed by atoms with van der Waals surface area (Å²) in [5, 5.41) is 17.8. The summed E-state index contributed by atoms with van der Waals surface area (Å²) in [6.45, 7) is 0. The average Bonchev–Trinajstić information content (AvgIpc) is 3.00. The van der Waals surface area contributed by atoms with Crippen molar-refractivity contribution in [2.75, 3.05) is 10.6 Å². The zero-order chi connectivity index (χ0) is 19.0. The Bertz CT molecular complexity index is 1130. The van der Waals surface area contributed by atoms with Crippen LogP contribution < -0.4 is 10.6 Å². The van der Waals surface area contributed by atoms with Crippen LogP contribution in [0.15, 0.2) is 60.7 Å². The summed E-state index contributed by atoms with van der Waals surface area (Å²) in [6, 6.07) is 14.8. The van der Waals surface area contributed by atoms with Gasteiger partial charge in [0.2, 0.25) is 5.91 Å². The number of nitrogens with zero attached hydrogens (tertiary/aromatic N) is 1. The number of benzene rings is 3. The largest absolute Gasteiger partial charge is 0.322 e. The molecular weight excluding hydrogens is 346 g/mol. The molecule has 27 heavy (non-hydrogen) atoms. The summed E-state index contributed by atoms with van der Waals surface area (Å²) >= 11 is 0. The van der Waals surface area contributed by atoms with Crippen molar-refractivity contribution in [1.29, 1.82) is 0 Å². The molecule has 0 saturated heterocycles. The number of nitrogens with one attached hydrogen (secondary N) is 2.